The molecule has 0 saturated carbocycles. The fraction of sp³-hybridized carbons (Fsp3) is 0.353. The summed E-state index contributed by atoms with van der Waals surface area (Å²) in [7, 11) is -3.84. The molecule has 28 heavy (non-hydrogen) atoms. The van der Waals surface area contributed by atoms with Crippen molar-refractivity contribution in [1.82, 2.24) is 9.62 Å². The minimum absolute atomic E-state index is 0.172. The summed E-state index contributed by atoms with van der Waals surface area (Å²) < 4.78 is 31.5. The number of hydrogen-bond acceptors (Lipinski definition) is 7. The van der Waals surface area contributed by atoms with Crippen molar-refractivity contribution in [2.45, 2.75) is 25.3 Å². The molecule has 1 aromatic carbocycles. The quantitative estimate of drug-likeness (QED) is 0.459. The summed E-state index contributed by atoms with van der Waals surface area (Å²) >= 11 is 1.49. The molecule has 0 aliphatic rings. The van der Waals surface area contributed by atoms with Crippen LogP contribution in [0.3, 0.4) is 0 Å². The number of carbonyl (C=O) groups excluding carboxylic acids is 1. The highest BCUT2D eigenvalue weighted by atomic mass is 32.2. The van der Waals surface area contributed by atoms with E-state index in [2.05, 4.69) is 5.32 Å². The van der Waals surface area contributed by atoms with Crippen LogP contribution in [0.25, 0.3) is 0 Å². The Morgan fingerprint density at radius 3 is 2.57 bits per heavy atom. The molecule has 2 rings (SSSR count). The van der Waals surface area contributed by atoms with Crippen LogP contribution in [-0.2, 0) is 21.4 Å². The molecule has 0 radical (unpaired) electrons. The largest absolute Gasteiger partial charge is 0.477 e. The van der Waals surface area contributed by atoms with Crippen LogP contribution in [0.1, 0.15) is 18.7 Å². The standard InChI is InChI=1S/C17H21N3O6S2/c1-3-19(4-2)28(24,25)14-7-8-16(15(10-14)20(22)23)26-12-17(21)18-11-13-6-5-9-27-13/h5-10H,3-4,11-12H2,1-2H3,(H,18,21). The molecule has 0 spiro atoms. The monoisotopic (exact) mass is 427 g/mol. The van der Waals surface area contributed by atoms with Gasteiger partial charge in [-0.3, -0.25) is 14.9 Å². The number of hydrogen-bond donors (Lipinski definition) is 1. The molecule has 0 atom stereocenters. The summed E-state index contributed by atoms with van der Waals surface area (Å²) in [5, 5.41) is 15.9. The van der Waals surface area contributed by atoms with Gasteiger partial charge in [0.15, 0.2) is 12.4 Å². The van der Waals surface area contributed by atoms with Gasteiger partial charge in [0.05, 0.1) is 16.4 Å². The number of nitro groups is 1. The lowest BCUT2D eigenvalue weighted by atomic mass is 10.3. The molecule has 1 heterocycles. The van der Waals surface area contributed by atoms with E-state index < -0.39 is 33.1 Å². The molecule has 0 unspecified atom stereocenters. The van der Waals surface area contributed by atoms with Gasteiger partial charge in [0, 0.05) is 24.0 Å². The molecule has 9 nitrogen and oxygen atoms in total. The molecule has 152 valence electrons. The fourth-order valence-electron chi connectivity index (χ4n) is 2.43. The van der Waals surface area contributed by atoms with Crippen LogP contribution in [0.2, 0.25) is 0 Å². The third-order valence-corrected chi connectivity index (χ3v) is 6.79. The maximum Gasteiger partial charge on any atom is 0.312 e. The van der Waals surface area contributed by atoms with E-state index in [9.17, 15) is 23.3 Å². The zero-order valence-electron chi connectivity index (χ0n) is 15.5. The van der Waals surface area contributed by atoms with E-state index in [1.165, 1.54) is 27.8 Å². The molecule has 0 saturated heterocycles. The van der Waals surface area contributed by atoms with Gasteiger partial charge in [-0.1, -0.05) is 19.9 Å². The predicted octanol–water partition coefficient (Wildman–Crippen LogP) is 2.38. The lowest BCUT2D eigenvalue weighted by Crippen LogP contribution is -2.30. The number of nitrogens with one attached hydrogen (secondary N) is 1. The Bertz CT molecular complexity index is 924. The van der Waals surface area contributed by atoms with E-state index in [1.807, 2.05) is 17.5 Å². The maximum atomic E-state index is 12.5. The Balaban J connectivity index is 2.12. The Labute approximate surface area is 167 Å². The fourth-order valence-corrected chi connectivity index (χ4v) is 4.55. The average molecular weight is 428 g/mol. The van der Waals surface area contributed by atoms with Crippen LogP contribution in [0.5, 0.6) is 5.75 Å². The Morgan fingerprint density at radius 1 is 1.29 bits per heavy atom. The topological polar surface area (TPSA) is 119 Å². The molecule has 0 aliphatic heterocycles. The smallest absolute Gasteiger partial charge is 0.312 e. The van der Waals surface area contributed by atoms with Crippen LogP contribution in [0, 0.1) is 10.1 Å². The van der Waals surface area contributed by atoms with E-state index in [-0.39, 0.29) is 23.7 Å². The summed E-state index contributed by atoms with van der Waals surface area (Å²) in [6, 6.07) is 7.11. The molecule has 2 aromatic rings. The molecule has 0 bridgehead atoms. The number of benzene rings is 1. The molecular weight excluding hydrogens is 406 g/mol. The van der Waals surface area contributed by atoms with Crippen molar-refractivity contribution in [1.29, 1.82) is 0 Å². The second-order valence-corrected chi connectivity index (χ2v) is 8.59. The summed E-state index contributed by atoms with van der Waals surface area (Å²) in [5.74, 6) is -0.614. The normalized spacial score (nSPS) is 11.4. The molecular formula is C17H21N3O6S2. The Morgan fingerprint density at radius 2 is 2.00 bits per heavy atom. The zero-order chi connectivity index (χ0) is 20.7. The van der Waals surface area contributed by atoms with Crippen LogP contribution in [-0.4, -0.2) is 43.2 Å². The summed E-state index contributed by atoms with van der Waals surface area (Å²) in [6.07, 6.45) is 0. The molecule has 1 aromatic heterocycles. The van der Waals surface area contributed by atoms with Gasteiger partial charge in [0.25, 0.3) is 5.91 Å². The number of sulfonamides is 1. The summed E-state index contributed by atoms with van der Waals surface area (Å²) in [4.78, 5) is 23.3. The molecule has 0 aliphatic carbocycles. The van der Waals surface area contributed by atoms with E-state index in [4.69, 9.17) is 4.74 Å². The molecule has 11 heteroatoms. The number of ether oxygens (including phenoxy) is 1. The van der Waals surface area contributed by atoms with Crippen molar-refractivity contribution in [3.63, 3.8) is 0 Å². The minimum atomic E-state index is -3.84. The van der Waals surface area contributed by atoms with Gasteiger partial charge >= 0.3 is 5.69 Å². The first-order valence-electron chi connectivity index (χ1n) is 8.50. The van der Waals surface area contributed by atoms with Crippen molar-refractivity contribution in [2.24, 2.45) is 0 Å². The van der Waals surface area contributed by atoms with Gasteiger partial charge < -0.3 is 10.1 Å². The first-order valence-corrected chi connectivity index (χ1v) is 10.8. The summed E-state index contributed by atoms with van der Waals surface area (Å²) in [6.45, 7) is 3.77. The number of carbonyl (C=O) groups is 1. The van der Waals surface area contributed by atoms with Crippen molar-refractivity contribution in [3.8, 4) is 5.75 Å². The molecule has 1 N–H and O–H groups in total. The van der Waals surface area contributed by atoms with E-state index in [1.54, 1.807) is 13.8 Å². The highest BCUT2D eigenvalue weighted by molar-refractivity contribution is 7.89. The van der Waals surface area contributed by atoms with Gasteiger partial charge in [-0.05, 0) is 23.6 Å². The number of nitro benzene ring substituents is 1. The number of thiophene rings is 1. The zero-order valence-corrected chi connectivity index (χ0v) is 17.1. The van der Waals surface area contributed by atoms with Crippen molar-refractivity contribution in [2.75, 3.05) is 19.7 Å². The lowest BCUT2D eigenvalue weighted by Gasteiger charge is -2.18. The maximum absolute atomic E-state index is 12.5. The molecule has 0 fully saturated rings. The minimum Gasteiger partial charge on any atom is -0.477 e. The average Bonchev–Trinajstić information content (AvgIpc) is 3.18. The third kappa shape index (κ3) is 5.27. The van der Waals surface area contributed by atoms with Gasteiger partial charge in [0.1, 0.15) is 0 Å². The summed E-state index contributed by atoms with van der Waals surface area (Å²) in [5.41, 5.74) is -0.515. The van der Waals surface area contributed by atoms with Gasteiger partial charge in [-0.25, -0.2) is 8.42 Å². The van der Waals surface area contributed by atoms with Crippen molar-refractivity contribution in [3.05, 3.63) is 50.7 Å². The number of nitrogens with zero attached hydrogens (tertiary/aromatic N) is 2. The van der Waals surface area contributed by atoms with Gasteiger partial charge in [0.2, 0.25) is 10.0 Å². The van der Waals surface area contributed by atoms with Crippen LogP contribution < -0.4 is 10.1 Å². The second kappa shape index (κ2) is 9.62. The Hall–Kier alpha value is -2.50. The van der Waals surface area contributed by atoms with E-state index in [0.717, 1.165) is 10.9 Å². The molecule has 1 amide bonds. The number of rotatable bonds is 10. The SMILES string of the molecule is CCN(CC)S(=O)(=O)c1ccc(OCC(=O)NCc2cccs2)c([N+](=O)[O-])c1. The van der Waals surface area contributed by atoms with Gasteiger partial charge in [-0.2, -0.15) is 4.31 Å². The third-order valence-electron chi connectivity index (χ3n) is 3.87. The lowest BCUT2D eigenvalue weighted by molar-refractivity contribution is -0.386. The van der Waals surface area contributed by atoms with Crippen LogP contribution in [0.15, 0.2) is 40.6 Å². The second-order valence-electron chi connectivity index (χ2n) is 5.62. The van der Waals surface area contributed by atoms with Crippen LogP contribution >= 0.6 is 11.3 Å². The van der Waals surface area contributed by atoms with Crippen LogP contribution in [0.4, 0.5) is 5.69 Å². The first kappa shape index (κ1) is 21.8. The highest BCUT2D eigenvalue weighted by Gasteiger charge is 2.26. The first-order chi connectivity index (χ1) is 13.3. The van der Waals surface area contributed by atoms with Gasteiger partial charge in [-0.15, -0.1) is 11.3 Å². The highest BCUT2D eigenvalue weighted by Crippen LogP contribution is 2.30. The predicted molar refractivity (Wildman–Crippen MR) is 105 cm³/mol. The number of amides is 1. The van der Waals surface area contributed by atoms with E-state index >= 15 is 0 Å². The van der Waals surface area contributed by atoms with E-state index in [0.29, 0.717) is 6.54 Å². The van der Waals surface area contributed by atoms with Crippen molar-refractivity contribution < 1.29 is 22.9 Å². The van der Waals surface area contributed by atoms with Crippen molar-refractivity contribution >= 4 is 33.0 Å². The Kier molecular flexibility index (Phi) is 7.49.